The number of furan rings is 1. The van der Waals surface area contributed by atoms with Crippen LogP contribution in [0.1, 0.15) is 26.8 Å². The molecule has 2 aromatic carbocycles. The van der Waals surface area contributed by atoms with Gasteiger partial charge in [-0.2, -0.15) is 0 Å². The van der Waals surface area contributed by atoms with Gasteiger partial charge in [0.2, 0.25) is 0 Å². The predicted octanol–water partition coefficient (Wildman–Crippen LogP) is 6.21. The zero-order chi connectivity index (χ0) is 20.2. The standard InChI is InChI=1S/C23H19ClN2O2S/c1-16-25-21(22(29-16)18-6-3-2-4-7-18)23(27)26(15-20-8-5-13-28-20)14-17-9-11-19(24)12-10-17/h2-13H,14-15H2,1H3. The number of hydrogen-bond donors (Lipinski definition) is 0. The summed E-state index contributed by atoms with van der Waals surface area (Å²) in [4.78, 5) is 20.8. The maximum atomic E-state index is 13.6. The van der Waals surface area contributed by atoms with E-state index in [-0.39, 0.29) is 5.91 Å². The van der Waals surface area contributed by atoms with Gasteiger partial charge >= 0.3 is 0 Å². The number of nitrogens with zero attached hydrogens (tertiary/aromatic N) is 2. The highest BCUT2D eigenvalue weighted by Crippen LogP contribution is 2.31. The Morgan fingerprint density at radius 3 is 2.48 bits per heavy atom. The van der Waals surface area contributed by atoms with Crippen LogP contribution in [0.2, 0.25) is 5.02 Å². The van der Waals surface area contributed by atoms with Gasteiger partial charge in [0.1, 0.15) is 11.5 Å². The van der Waals surface area contributed by atoms with Crippen molar-refractivity contribution < 1.29 is 9.21 Å². The minimum absolute atomic E-state index is 0.125. The van der Waals surface area contributed by atoms with Crippen molar-refractivity contribution >= 4 is 28.8 Å². The molecule has 0 fully saturated rings. The molecule has 4 rings (SSSR count). The molecule has 0 saturated heterocycles. The molecule has 0 aliphatic heterocycles. The van der Waals surface area contributed by atoms with Crippen molar-refractivity contribution in [2.45, 2.75) is 20.0 Å². The Labute approximate surface area is 178 Å². The lowest BCUT2D eigenvalue weighted by Crippen LogP contribution is -2.30. The molecule has 0 bridgehead atoms. The average molecular weight is 423 g/mol. The quantitative estimate of drug-likeness (QED) is 0.371. The smallest absolute Gasteiger partial charge is 0.274 e. The minimum Gasteiger partial charge on any atom is -0.467 e. The molecule has 0 radical (unpaired) electrons. The summed E-state index contributed by atoms with van der Waals surface area (Å²) < 4.78 is 5.49. The molecule has 146 valence electrons. The van der Waals surface area contributed by atoms with Crippen molar-refractivity contribution in [3.63, 3.8) is 0 Å². The van der Waals surface area contributed by atoms with Gasteiger partial charge in [0.15, 0.2) is 0 Å². The van der Waals surface area contributed by atoms with Gasteiger partial charge in [-0.1, -0.05) is 54.1 Å². The lowest BCUT2D eigenvalue weighted by molar-refractivity contribution is 0.0713. The molecule has 2 heterocycles. The molecular formula is C23H19ClN2O2S. The van der Waals surface area contributed by atoms with Gasteiger partial charge in [0, 0.05) is 11.6 Å². The average Bonchev–Trinajstić information content (AvgIpc) is 3.39. The number of hydrogen-bond acceptors (Lipinski definition) is 4. The molecule has 6 heteroatoms. The van der Waals surface area contributed by atoms with Gasteiger partial charge in [-0.15, -0.1) is 11.3 Å². The van der Waals surface area contributed by atoms with Gasteiger partial charge in [-0.3, -0.25) is 4.79 Å². The van der Waals surface area contributed by atoms with E-state index in [9.17, 15) is 4.79 Å². The van der Waals surface area contributed by atoms with Crippen molar-refractivity contribution in [2.24, 2.45) is 0 Å². The molecule has 2 aromatic heterocycles. The summed E-state index contributed by atoms with van der Waals surface area (Å²) in [6.07, 6.45) is 1.61. The lowest BCUT2D eigenvalue weighted by atomic mass is 10.1. The molecular weight excluding hydrogens is 404 g/mol. The maximum absolute atomic E-state index is 13.6. The number of thiazole rings is 1. The molecule has 0 N–H and O–H groups in total. The fraction of sp³-hybridized carbons (Fsp3) is 0.130. The van der Waals surface area contributed by atoms with Crippen LogP contribution >= 0.6 is 22.9 Å². The summed E-state index contributed by atoms with van der Waals surface area (Å²) in [6.45, 7) is 2.71. The van der Waals surface area contributed by atoms with E-state index < -0.39 is 0 Å². The molecule has 4 aromatic rings. The third-order valence-corrected chi connectivity index (χ3v) is 5.75. The summed E-state index contributed by atoms with van der Waals surface area (Å²) in [6, 6.07) is 21.1. The summed E-state index contributed by atoms with van der Waals surface area (Å²) in [5.41, 5.74) is 2.45. The van der Waals surface area contributed by atoms with Crippen LogP contribution in [0.25, 0.3) is 10.4 Å². The number of amides is 1. The predicted molar refractivity (Wildman–Crippen MR) is 116 cm³/mol. The number of rotatable bonds is 6. The van der Waals surface area contributed by atoms with Gasteiger partial charge in [-0.25, -0.2) is 4.98 Å². The first-order chi connectivity index (χ1) is 14.1. The molecule has 0 spiro atoms. The van der Waals surface area contributed by atoms with Crippen LogP contribution in [0.4, 0.5) is 0 Å². The van der Waals surface area contributed by atoms with Crippen LogP contribution in [0.3, 0.4) is 0 Å². The molecule has 0 unspecified atom stereocenters. The van der Waals surface area contributed by atoms with Crippen LogP contribution in [-0.2, 0) is 13.1 Å². The van der Waals surface area contributed by atoms with Gasteiger partial charge in [-0.05, 0) is 42.3 Å². The second kappa shape index (κ2) is 8.64. The molecule has 0 aliphatic carbocycles. The third-order valence-electron chi connectivity index (χ3n) is 4.47. The largest absolute Gasteiger partial charge is 0.467 e. The zero-order valence-corrected chi connectivity index (χ0v) is 17.4. The van der Waals surface area contributed by atoms with E-state index >= 15 is 0 Å². The van der Waals surface area contributed by atoms with E-state index in [1.807, 2.05) is 73.7 Å². The summed E-state index contributed by atoms with van der Waals surface area (Å²) >= 11 is 7.54. The number of carbonyl (C=O) groups excluding carboxylic acids is 1. The number of aromatic nitrogens is 1. The first-order valence-corrected chi connectivity index (χ1v) is 10.4. The van der Waals surface area contributed by atoms with Crippen LogP contribution < -0.4 is 0 Å². The summed E-state index contributed by atoms with van der Waals surface area (Å²) in [5.74, 6) is 0.597. The van der Waals surface area contributed by atoms with Crippen molar-refractivity contribution in [1.82, 2.24) is 9.88 Å². The third kappa shape index (κ3) is 4.58. The number of halogens is 1. The molecule has 0 saturated carbocycles. The Bertz CT molecular complexity index is 1090. The highest BCUT2D eigenvalue weighted by atomic mass is 35.5. The SMILES string of the molecule is Cc1nc(C(=O)N(Cc2ccc(Cl)cc2)Cc2ccco2)c(-c2ccccc2)s1. The minimum atomic E-state index is -0.125. The maximum Gasteiger partial charge on any atom is 0.274 e. The highest BCUT2D eigenvalue weighted by Gasteiger charge is 2.24. The molecule has 1 amide bonds. The first kappa shape index (κ1) is 19.4. The van der Waals surface area contributed by atoms with Crippen LogP contribution in [-0.4, -0.2) is 15.8 Å². The van der Waals surface area contributed by atoms with E-state index in [0.29, 0.717) is 23.8 Å². The fourth-order valence-electron chi connectivity index (χ4n) is 3.11. The number of aryl methyl sites for hydroxylation is 1. The fourth-order valence-corrected chi connectivity index (χ4v) is 4.15. The second-order valence-corrected chi connectivity index (χ2v) is 8.28. The van der Waals surface area contributed by atoms with Crippen molar-refractivity contribution in [1.29, 1.82) is 0 Å². The molecule has 29 heavy (non-hydrogen) atoms. The van der Waals surface area contributed by atoms with E-state index in [1.165, 1.54) is 11.3 Å². The first-order valence-electron chi connectivity index (χ1n) is 9.19. The van der Waals surface area contributed by atoms with Gasteiger partial charge in [0.25, 0.3) is 5.91 Å². The summed E-state index contributed by atoms with van der Waals surface area (Å²) in [5, 5.41) is 1.52. The van der Waals surface area contributed by atoms with E-state index in [4.69, 9.17) is 16.0 Å². The van der Waals surface area contributed by atoms with Crippen molar-refractivity contribution in [3.8, 4) is 10.4 Å². The Morgan fingerprint density at radius 2 is 1.79 bits per heavy atom. The van der Waals surface area contributed by atoms with E-state index in [2.05, 4.69) is 4.98 Å². The van der Waals surface area contributed by atoms with Crippen LogP contribution in [0, 0.1) is 6.92 Å². The van der Waals surface area contributed by atoms with E-state index in [1.54, 1.807) is 11.2 Å². The normalized spacial score (nSPS) is 10.8. The molecule has 0 atom stereocenters. The molecule has 0 aliphatic rings. The van der Waals surface area contributed by atoms with Crippen molar-refractivity contribution in [2.75, 3.05) is 0 Å². The summed E-state index contributed by atoms with van der Waals surface area (Å²) in [7, 11) is 0. The Hall–Kier alpha value is -2.89. The highest BCUT2D eigenvalue weighted by molar-refractivity contribution is 7.15. The topological polar surface area (TPSA) is 46.3 Å². The Morgan fingerprint density at radius 1 is 1.03 bits per heavy atom. The monoisotopic (exact) mass is 422 g/mol. The van der Waals surface area contributed by atoms with E-state index in [0.717, 1.165) is 26.8 Å². The van der Waals surface area contributed by atoms with Crippen LogP contribution in [0.5, 0.6) is 0 Å². The van der Waals surface area contributed by atoms with Gasteiger partial charge in [0.05, 0.1) is 22.7 Å². The number of carbonyl (C=O) groups is 1. The van der Waals surface area contributed by atoms with Crippen LogP contribution in [0.15, 0.2) is 77.4 Å². The Balaban J connectivity index is 1.69. The molecule has 4 nitrogen and oxygen atoms in total. The van der Waals surface area contributed by atoms with Crippen molar-refractivity contribution in [3.05, 3.63) is 100 Å². The van der Waals surface area contributed by atoms with Gasteiger partial charge < -0.3 is 9.32 Å². The zero-order valence-electron chi connectivity index (χ0n) is 15.8. The Kier molecular flexibility index (Phi) is 5.79. The lowest BCUT2D eigenvalue weighted by Gasteiger charge is -2.21. The number of benzene rings is 2. The second-order valence-electron chi connectivity index (χ2n) is 6.64.